The van der Waals surface area contributed by atoms with Crippen molar-refractivity contribution in [3.63, 3.8) is 0 Å². The zero-order valence-corrected chi connectivity index (χ0v) is 15.2. The van der Waals surface area contributed by atoms with Crippen molar-refractivity contribution in [2.45, 2.75) is 41.5 Å². The van der Waals surface area contributed by atoms with E-state index in [1.165, 1.54) is 14.5 Å². The molecule has 3 heterocycles. The van der Waals surface area contributed by atoms with Crippen LogP contribution >= 0.6 is 0 Å². The van der Waals surface area contributed by atoms with Crippen molar-refractivity contribution in [1.82, 2.24) is 29.8 Å². The first-order chi connectivity index (χ1) is 11.8. The fourth-order valence-electron chi connectivity index (χ4n) is 2.45. The van der Waals surface area contributed by atoms with Crippen LogP contribution < -0.4 is 14.3 Å². The minimum atomic E-state index is -1.14. The Morgan fingerprint density at radius 1 is 0.615 bits per heavy atom. The number of hydrogen-bond acceptors (Lipinski definition) is 6. The van der Waals surface area contributed by atoms with Gasteiger partial charge in [-0.3, -0.25) is 0 Å². The average molecular weight is 384 g/mol. The Bertz CT molecular complexity index is 775. The fraction of sp³-hybridized carbons (Fsp3) is 0.400. The maximum absolute atomic E-state index is 5.74. The van der Waals surface area contributed by atoms with Crippen LogP contribution in [0.2, 0.25) is 0 Å². The molecule has 0 radical (unpaired) electrons. The Kier molecular flexibility index (Phi) is 6.97. The van der Waals surface area contributed by atoms with Crippen molar-refractivity contribution in [2.24, 2.45) is 0 Å². The minimum absolute atomic E-state index is 0. The Balaban J connectivity index is 0.00000243. The standard InChI is InChI=1S/C15H21BN6O3.K.H/c1-10-7-13(4)20(17-10)23-16(24-21-14(5)8-11(2)18-21)25-22-15(6)9-12(3)19-22;;/h7-9H,1-6H3;;. The SMILES string of the molecule is Cc1cc(C)n(OB(On2nc(C)cc2C)On2nc(C)cc2C)n1.[KH]. The number of rotatable bonds is 6. The number of aryl methyl sites for hydroxylation is 6. The number of nitrogens with zero attached hydrogens (tertiary/aromatic N) is 6. The Labute approximate surface area is 195 Å². The van der Waals surface area contributed by atoms with Crippen LogP contribution in [0.15, 0.2) is 18.2 Å². The first-order valence-corrected chi connectivity index (χ1v) is 7.93. The fourth-order valence-corrected chi connectivity index (χ4v) is 2.45. The normalized spacial score (nSPS) is 10.4. The topological polar surface area (TPSA) is 81.1 Å². The van der Waals surface area contributed by atoms with Crippen LogP contribution in [0.5, 0.6) is 0 Å². The van der Waals surface area contributed by atoms with Crippen molar-refractivity contribution < 1.29 is 14.3 Å². The van der Waals surface area contributed by atoms with Gasteiger partial charge in [0.15, 0.2) is 0 Å². The van der Waals surface area contributed by atoms with Crippen molar-refractivity contribution in [3.05, 3.63) is 52.4 Å². The monoisotopic (exact) mass is 384 g/mol. The van der Waals surface area contributed by atoms with Gasteiger partial charge in [0.25, 0.3) is 0 Å². The van der Waals surface area contributed by atoms with Gasteiger partial charge in [0.2, 0.25) is 0 Å². The van der Waals surface area contributed by atoms with Gasteiger partial charge < -0.3 is 14.3 Å². The molecule has 0 N–H and O–H groups in total. The predicted octanol–water partition coefficient (Wildman–Crippen LogP) is 0.149. The number of hydrogen-bond donors (Lipinski definition) is 0. The van der Waals surface area contributed by atoms with E-state index in [-0.39, 0.29) is 51.4 Å². The molecule has 0 fully saturated rings. The molecule has 0 saturated heterocycles. The van der Waals surface area contributed by atoms with Gasteiger partial charge in [0, 0.05) is 0 Å². The third kappa shape index (κ3) is 4.92. The van der Waals surface area contributed by atoms with Gasteiger partial charge in [-0.05, 0) is 59.7 Å². The van der Waals surface area contributed by atoms with Crippen LogP contribution in [0, 0.1) is 41.5 Å². The first kappa shape index (κ1) is 21.0. The van der Waals surface area contributed by atoms with E-state index < -0.39 is 7.32 Å². The molecule has 0 amide bonds. The zero-order valence-electron chi connectivity index (χ0n) is 15.2. The summed E-state index contributed by atoms with van der Waals surface area (Å²) < 4.78 is 17.2. The summed E-state index contributed by atoms with van der Waals surface area (Å²) in [6, 6.07) is 5.68. The molecule has 0 unspecified atom stereocenters. The van der Waals surface area contributed by atoms with Crippen LogP contribution in [-0.2, 0) is 0 Å². The summed E-state index contributed by atoms with van der Waals surface area (Å²) in [6.07, 6.45) is 0. The molecular weight excluding hydrogens is 362 g/mol. The van der Waals surface area contributed by atoms with E-state index in [0.29, 0.717) is 0 Å². The molecule has 9 nitrogen and oxygen atoms in total. The summed E-state index contributed by atoms with van der Waals surface area (Å²) in [5.74, 6) is 0. The molecule has 26 heavy (non-hydrogen) atoms. The van der Waals surface area contributed by atoms with Gasteiger partial charge >= 0.3 is 58.7 Å². The van der Waals surface area contributed by atoms with E-state index >= 15 is 0 Å². The molecule has 0 aliphatic rings. The van der Waals surface area contributed by atoms with Crippen LogP contribution in [0.1, 0.15) is 34.2 Å². The maximum atomic E-state index is 5.74. The Hall–Kier alpha value is -1.27. The summed E-state index contributed by atoms with van der Waals surface area (Å²) in [4.78, 5) is 4.08. The third-order valence-electron chi connectivity index (χ3n) is 3.46. The average Bonchev–Trinajstić information content (AvgIpc) is 3.10. The first-order valence-electron chi connectivity index (χ1n) is 7.93. The molecule has 11 heteroatoms. The predicted molar refractivity (Wildman–Crippen MR) is 97.7 cm³/mol. The van der Waals surface area contributed by atoms with E-state index in [4.69, 9.17) is 14.3 Å². The van der Waals surface area contributed by atoms with E-state index in [1.807, 2.05) is 59.7 Å². The van der Waals surface area contributed by atoms with Gasteiger partial charge in [0.05, 0.1) is 34.2 Å². The molecule has 3 rings (SSSR count). The van der Waals surface area contributed by atoms with Crippen molar-refractivity contribution >= 4 is 58.7 Å². The van der Waals surface area contributed by atoms with Gasteiger partial charge in [-0.25, -0.2) is 0 Å². The molecule has 0 aromatic carbocycles. The second kappa shape index (κ2) is 8.61. The van der Waals surface area contributed by atoms with Crippen LogP contribution in [0.25, 0.3) is 0 Å². The van der Waals surface area contributed by atoms with Crippen LogP contribution in [0.3, 0.4) is 0 Å². The second-order valence-electron chi connectivity index (χ2n) is 6.01. The molecule has 134 valence electrons. The van der Waals surface area contributed by atoms with Gasteiger partial charge in [-0.2, -0.15) is 0 Å². The molecule has 0 aliphatic heterocycles. The summed E-state index contributed by atoms with van der Waals surface area (Å²) in [7, 11) is -1.14. The van der Waals surface area contributed by atoms with Crippen molar-refractivity contribution in [3.8, 4) is 0 Å². The molecule has 0 bridgehead atoms. The molecular formula is C15H22BKN6O3. The van der Waals surface area contributed by atoms with E-state index in [1.54, 1.807) is 0 Å². The molecule has 3 aromatic heterocycles. The Morgan fingerprint density at radius 3 is 1.08 bits per heavy atom. The number of aromatic nitrogens is 6. The van der Waals surface area contributed by atoms with Crippen LogP contribution in [0.4, 0.5) is 0 Å². The molecule has 3 aromatic rings. The molecule has 0 spiro atoms. The summed E-state index contributed by atoms with van der Waals surface area (Å²) in [5.41, 5.74) is 4.93. The Morgan fingerprint density at radius 2 is 0.885 bits per heavy atom. The molecule has 0 atom stereocenters. The quantitative estimate of drug-likeness (QED) is 0.563. The summed E-state index contributed by atoms with van der Waals surface area (Å²) in [6.45, 7) is 11.3. The van der Waals surface area contributed by atoms with E-state index in [0.717, 1.165) is 34.2 Å². The van der Waals surface area contributed by atoms with Gasteiger partial charge in [-0.1, -0.05) is 0 Å². The third-order valence-corrected chi connectivity index (χ3v) is 3.46. The van der Waals surface area contributed by atoms with Crippen molar-refractivity contribution in [1.29, 1.82) is 0 Å². The van der Waals surface area contributed by atoms with Gasteiger partial charge in [0.1, 0.15) is 0 Å². The zero-order chi connectivity index (χ0) is 18.1. The summed E-state index contributed by atoms with van der Waals surface area (Å²) in [5, 5.41) is 12.8. The summed E-state index contributed by atoms with van der Waals surface area (Å²) >= 11 is 0. The van der Waals surface area contributed by atoms with Crippen LogP contribution in [-0.4, -0.2) is 88.5 Å². The molecule has 0 saturated carbocycles. The van der Waals surface area contributed by atoms with Crippen molar-refractivity contribution in [2.75, 3.05) is 0 Å². The second-order valence-corrected chi connectivity index (χ2v) is 6.01. The molecule has 0 aliphatic carbocycles. The van der Waals surface area contributed by atoms with E-state index in [9.17, 15) is 0 Å². The van der Waals surface area contributed by atoms with Gasteiger partial charge in [-0.15, -0.1) is 29.8 Å². The van der Waals surface area contributed by atoms with E-state index in [2.05, 4.69) is 15.3 Å².